The average molecular weight is 269 g/mol. The van der Waals surface area contributed by atoms with Gasteiger partial charge in [-0.3, -0.25) is 9.59 Å². The number of benzene rings is 1. The number of methoxy groups -OCH3 is 1. The van der Waals surface area contributed by atoms with E-state index in [4.69, 9.17) is 9.84 Å². The van der Waals surface area contributed by atoms with Crippen LogP contribution in [-0.2, 0) is 9.59 Å². The maximum Gasteiger partial charge on any atom is 0.303 e. The minimum Gasteiger partial charge on any atom is -0.494 e. The van der Waals surface area contributed by atoms with Crippen molar-refractivity contribution in [2.24, 2.45) is 5.92 Å². The summed E-state index contributed by atoms with van der Waals surface area (Å²) in [6.45, 7) is 1.68. The summed E-state index contributed by atoms with van der Waals surface area (Å²) in [7, 11) is 1.37. The molecule has 0 aliphatic rings. The number of halogens is 1. The molecular weight excluding hydrogens is 253 g/mol. The van der Waals surface area contributed by atoms with E-state index in [1.54, 1.807) is 6.92 Å². The van der Waals surface area contributed by atoms with Crippen LogP contribution in [0.1, 0.15) is 19.8 Å². The Labute approximate surface area is 110 Å². The van der Waals surface area contributed by atoms with E-state index in [1.165, 1.54) is 19.2 Å². The molecule has 5 nitrogen and oxygen atoms in total. The van der Waals surface area contributed by atoms with Crippen molar-refractivity contribution in [3.63, 3.8) is 0 Å². The topological polar surface area (TPSA) is 75.6 Å². The lowest BCUT2D eigenvalue weighted by Crippen LogP contribution is -2.17. The fraction of sp³-hybridized carbons (Fsp3) is 0.385. The highest BCUT2D eigenvalue weighted by Gasteiger charge is 2.14. The third kappa shape index (κ3) is 4.95. The van der Waals surface area contributed by atoms with Gasteiger partial charge in [-0.2, -0.15) is 0 Å². The molecule has 0 aliphatic heterocycles. The molecule has 0 heterocycles. The first-order valence-corrected chi connectivity index (χ1v) is 5.77. The molecule has 1 aromatic carbocycles. The number of anilines is 1. The smallest absolute Gasteiger partial charge is 0.303 e. The van der Waals surface area contributed by atoms with Crippen LogP contribution in [0.25, 0.3) is 0 Å². The zero-order valence-electron chi connectivity index (χ0n) is 10.8. The molecule has 0 radical (unpaired) electrons. The van der Waals surface area contributed by atoms with Gasteiger partial charge in [-0.25, -0.2) is 4.39 Å². The summed E-state index contributed by atoms with van der Waals surface area (Å²) < 4.78 is 17.9. The number of carbonyl (C=O) groups is 2. The summed E-state index contributed by atoms with van der Waals surface area (Å²) in [5, 5.41) is 11.2. The fourth-order valence-electron chi connectivity index (χ4n) is 1.66. The van der Waals surface area contributed by atoms with Gasteiger partial charge in [-0.1, -0.05) is 6.92 Å². The molecule has 1 amide bonds. The molecule has 6 heteroatoms. The van der Waals surface area contributed by atoms with Crippen LogP contribution in [0.15, 0.2) is 18.2 Å². The Balaban J connectivity index is 2.64. The Hall–Kier alpha value is -2.11. The van der Waals surface area contributed by atoms with Crippen molar-refractivity contribution < 1.29 is 23.8 Å². The Kier molecular flexibility index (Phi) is 5.29. The van der Waals surface area contributed by atoms with Gasteiger partial charge in [0.25, 0.3) is 0 Å². The molecule has 0 saturated heterocycles. The molecule has 1 atom stereocenters. The molecular formula is C13H16FNO4. The van der Waals surface area contributed by atoms with Crippen LogP contribution < -0.4 is 10.1 Å². The number of aliphatic carboxylic acids is 1. The second-order valence-corrected chi connectivity index (χ2v) is 4.30. The van der Waals surface area contributed by atoms with Crippen LogP contribution in [0.3, 0.4) is 0 Å². The Bertz CT molecular complexity index is 476. The first-order valence-electron chi connectivity index (χ1n) is 5.77. The maximum atomic E-state index is 13.0. The molecule has 19 heavy (non-hydrogen) atoms. The van der Waals surface area contributed by atoms with Gasteiger partial charge in [0, 0.05) is 18.9 Å². The van der Waals surface area contributed by atoms with Crippen LogP contribution in [0, 0.1) is 11.7 Å². The van der Waals surface area contributed by atoms with E-state index >= 15 is 0 Å². The van der Waals surface area contributed by atoms with Crippen molar-refractivity contribution in [2.45, 2.75) is 19.8 Å². The Morgan fingerprint density at radius 3 is 2.68 bits per heavy atom. The average Bonchev–Trinajstić information content (AvgIpc) is 2.30. The van der Waals surface area contributed by atoms with Crippen molar-refractivity contribution in [1.82, 2.24) is 0 Å². The van der Waals surface area contributed by atoms with Gasteiger partial charge in [0.2, 0.25) is 5.91 Å². The molecule has 104 valence electrons. The predicted octanol–water partition coefficient (Wildman–Crippen LogP) is 2.27. The third-order valence-corrected chi connectivity index (χ3v) is 2.49. The first-order chi connectivity index (χ1) is 8.92. The standard InChI is InChI=1S/C13H16FNO4/c1-8(6-13(17)18)5-12(16)15-10-4-3-9(14)7-11(10)19-2/h3-4,7-8H,5-6H2,1-2H3,(H,15,16)(H,17,18). The number of hydrogen-bond acceptors (Lipinski definition) is 3. The first kappa shape index (κ1) is 14.9. The summed E-state index contributed by atoms with van der Waals surface area (Å²) >= 11 is 0. The molecule has 0 aliphatic carbocycles. The number of ether oxygens (including phenoxy) is 1. The summed E-state index contributed by atoms with van der Waals surface area (Å²) in [6, 6.07) is 3.77. The Morgan fingerprint density at radius 2 is 2.11 bits per heavy atom. The molecule has 1 aromatic rings. The lowest BCUT2D eigenvalue weighted by atomic mass is 10.0. The molecule has 2 N–H and O–H groups in total. The number of carboxylic acid groups (broad SMARTS) is 1. The highest BCUT2D eigenvalue weighted by atomic mass is 19.1. The van der Waals surface area contributed by atoms with Gasteiger partial charge in [0.15, 0.2) is 0 Å². The van der Waals surface area contributed by atoms with E-state index in [2.05, 4.69) is 5.32 Å². The summed E-state index contributed by atoms with van der Waals surface area (Å²) in [4.78, 5) is 22.2. The van der Waals surface area contributed by atoms with Gasteiger partial charge in [0.05, 0.1) is 12.8 Å². The quantitative estimate of drug-likeness (QED) is 0.830. The zero-order valence-corrected chi connectivity index (χ0v) is 10.8. The highest BCUT2D eigenvalue weighted by molar-refractivity contribution is 5.92. The monoisotopic (exact) mass is 269 g/mol. The Morgan fingerprint density at radius 1 is 1.42 bits per heavy atom. The van der Waals surface area contributed by atoms with Gasteiger partial charge < -0.3 is 15.2 Å². The number of carboxylic acids is 1. The molecule has 1 rings (SSSR count). The molecule has 0 bridgehead atoms. The van der Waals surface area contributed by atoms with Crippen LogP contribution in [0.2, 0.25) is 0 Å². The van der Waals surface area contributed by atoms with Crippen molar-refractivity contribution in [1.29, 1.82) is 0 Å². The molecule has 0 spiro atoms. The minimum absolute atomic E-state index is 0.0754. The van der Waals surface area contributed by atoms with Crippen LogP contribution in [0.4, 0.5) is 10.1 Å². The number of amides is 1. The van der Waals surface area contributed by atoms with Gasteiger partial charge in [-0.15, -0.1) is 0 Å². The van der Waals surface area contributed by atoms with Crippen molar-refractivity contribution in [3.05, 3.63) is 24.0 Å². The highest BCUT2D eigenvalue weighted by Crippen LogP contribution is 2.25. The second kappa shape index (κ2) is 6.72. The predicted molar refractivity (Wildman–Crippen MR) is 67.6 cm³/mol. The lowest BCUT2D eigenvalue weighted by molar-refractivity contribution is -0.138. The van der Waals surface area contributed by atoms with Crippen molar-refractivity contribution >= 4 is 17.6 Å². The number of carbonyl (C=O) groups excluding carboxylic acids is 1. The summed E-state index contributed by atoms with van der Waals surface area (Å²) in [5.74, 6) is -1.80. The molecule has 1 unspecified atom stereocenters. The van der Waals surface area contributed by atoms with E-state index in [1.807, 2.05) is 0 Å². The number of nitrogens with one attached hydrogen (secondary N) is 1. The van der Waals surface area contributed by atoms with Gasteiger partial charge >= 0.3 is 5.97 Å². The minimum atomic E-state index is -0.945. The van der Waals surface area contributed by atoms with E-state index in [0.717, 1.165) is 6.07 Å². The zero-order chi connectivity index (χ0) is 14.4. The van der Waals surface area contributed by atoms with Crippen molar-refractivity contribution in [3.8, 4) is 5.75 Å². The van der Waals surface area contributed by atoms with Crippen LogP contribution in [0.5, 0.6) is 5.75 Å². The van der Waals surface area contributed by atoms with Crippen LogP contribution >= 0.6 is 0 Å². The third-order valence-electron chi connectivity index (χ3n) is 2.49. The summed E-state index contributed by atoms with van der Waals surface area (Å²) in [5.41, 5.74) is 0.358. The molecule has 0 fully saturated rings. The second-order valence-electron chi connectivity index (χ2n) is 4.30. The number of rotatable bonds is 6. The molecule has 0 saturated carbocycles. The van der Waals surface area contributed by atoms with E-state index < -0.39 is 11.8 Å². The molecule has 0 aromatic heterocycles. The van der Waals surface area contributed by atoms with E-state index in [0.29, 0.717) is 5.69 Å². The lowest BCUT2D eigenvalue weighted by Gasteiger charge is -2.12. The number of hydrogen-bond donors (Lipinski definition) is 2. The SMILES string of the molecule is COc1cc(F)ccc1NC(=O)CC(C)CC(=O)O. The normalized spacial score (nSPS) is 11.7. The largest absolute Gasteiger partial charge is 0.494 e. The van der Waals surface area contributed by atoms with Crippen molar-refractivity contribution in [2.75, 3.05) is 12.4 Å². The fourth-order valence-corrected chi connectivity index (χ4v) is 1.66. The van der Waals surface area contributed by atoms with Gasteiger partial charge in [0.1, 0.15) is 11.6 Å². The van der Waals surface area contributed by atoms with Gasteiger partial charge in [-0.05, 0) is 18.1 Å². The van der Waals surface area contributed by atoms with E-state index in [9.17, 15) is 14.0 Å². The maximum absolute atomic E-state index is 13.0. The van der Waals surface area contributed by atoms with Crippen LogP contribution in [-0.4, -0.2) is 24.1 Å². The summed E-state index contributed by atoms with van der Waals surface area (Å²) in [6.07, 6.45) is 0.000797. The van der Waals surface area contributed by atoms with E-state index in [-0.39, 0.29) is 30.4 Å².